The van der Waals surface area contributed by atoms with Crippen molar-refractivity contribution in [2.75, 3.05) is 26.4 Å². The monoisotopic (exact) mass is 262 g/mol. The van der Waals surface area contributed by atoms with E-state index in [0.717, 1.165) is 38.4 Å². The lowest BCUT2D eigenvalue weighted by molar-refractivity contribution is 0.260. The molecule has 3 atom stereocenters. The molecule has 0 amide bonds. The molecule has 0 aliphatic carbocycles. The highest BCUT2D eigenvalue weighted by Gasteiger charge is 2.27. The van der Waals surface area contributed by atoms with E-state index in [1.165, 1.54) is 11.1 Å². The smallest absolute Gasteiger partial charge is 0.123 e. The standard InChI is InChI=1S/C15H18O4/c1-2-11(5-13-7-17-13)15(19-9-14-8-18-14)4-10(1)3-12-6-16-12/h1-2,4,12-14H,3,5-9H2. The molecule has 0 spiro atoms. The van der Waals surface area contributed by atoms with Gasteiger partial charge in [0.25, 0.3) is 0 Å². The molecule has 0 radical (unpaired) electrons. The van der Waals surface area contributed by atoms with Crippen LogP contribution in [-0.2, 0) is 27.1 Å². The molecule has 0 N–H and O–H groups in total. The summed E-state index contributed by atoms with van der Waals surface area (Å²) in [5.41, 5.74) is 2.53. The summed E-state index contributed by atoms with van der Waals surface area (Å²) >= 11 is 0. The third-order valence-electron chi connectivity index (χ3n) is 3.67. The van der Waals surface area contributed by atoms with Gasteiger partial charge in [0.2, 0.25) is 0 Å². The molecule has 4 heteroatoms. The van der Waals surface area contributed by atoms with Crippen molar-refractivity contribution in [3.05, 3.63) is 29.3 Å². The van der Waals surface area contributed by atoms with Gasteiger partial charge in [-0.25, -0.2) is 0 Å². The van der Waals surface area contributed by atoms with Crippen molar-refractivity contribution >= 4 is 0 Å². The lowest BCUT2D eigenvalue weighted by atomic mass is 10.0. The van der Waals surface area contributed by atoms with Crippen LogP contribution >= 0.6 is 0 Å². The summed E-state index contributed by atoms with van der Waals surface area (Å²) in [6.45, 7) is 3.26. The predicted molar refractivity (Wildman–Crippen MR) is 68.6 cm³/mol. The summed E-state index contributed by atoms with van der Waals surface area (Å²) in [4.78, 5) is 0. The summed E-state index contributed by atoms with van der Waals surface area (Å²) in [5, 5.41) is 0. The zero-order valence-electron chi connectivity index (χ0n) is 10.8. The van der Waals surface area contributed by atoms with E-state index in [0.29, 0.717) is 24.9 Å². The molecular weight excluding hydrogens is 244 g/mol. The molecule has 3 fully saturated rings. The van der Waals surface area contributed by atoms with Crippen LogP contribution in [0.5, 0.6) is 5.75 Å². The van der Waals surface area contributed by atoms with Gasteiger partial charge in [-0.2, -0.15) is 0 Å². The van der Waals surface area contributed by atoms with Crippen LogP contribution in [0.15, 0.2) is 18.2 Å². The largest absolute Gasteiger partial charge is 0.490 e. The Labute approximate surface area is 112 Å². The van der Waals surface area contributed by atoms with Crippen molar-refractivity contribution < 1.29 is 18.9 Å². The van der Waals surface area contributed by atoms with Crippen molar-refractivity contribution in [2.45, 2.75) is 31.2 Å². The molecule has 3 saturated heterocycles. The summed E-state index contributed by atoms with van der Waals surface area (Å²) in [6.07, 6.45) is 3.02. The maximum Gasteiger partial charge on any atom is 0.123 e. The Morgan fingerprint density at radius 1 is 0.947 bits per heavy atom. The van der Waals surface area contributed by atoms with Crippen molar-refractivity contribution in [3.63, 3.8) is 0 Å². The first kappa shape index (κ1) is 11.7. The summed E-state index contributed by atoms with van der Waals surface area (Å²) in [7, 11) is 0. The average Bonchev–Trinajstić information content (AvgIpc) is 3.24. The molecule has 1 aromatic carbocycles. The maximum absolute atomic E-state index is 5.91. The highest BCUT2D eigenvalue weighted by atomic mass is 16.6. The van der Waals surface area contributed by atoms with E-state index in [2.05, 4.69) is 18.2 Å². The Hall–Kier alpha value is -1.10. The Kier molecular flexibility index (Phi) is 2.94. The third-order valence-corrected chi connectivity index (χ3v) is 3.67. The van der Waals surface area contributed by atoms with E-state index < -0.39 is 0 Å². The molecule has 0 bridgehead atoms. The summed E-state index contributed by atoms with van der Waals surface area (Å²) in [5.74, 6) is 0.990. The lowest BCUT2D eigenvalue weighted by Gasteiger charge is -2.12. The van der Waals surface area contributed by atoms with E-state index >= 15 is 0 Å². The van der Waals surface area contributed by atoms with Gasteiger partial charge < -0.3 is 18.9 Å². The van der Waals surface area contributed by atoms with Gasteiger partial charge in [-0.15, -0.1) is 0 Å². The molecule has 4 rings (SSSR count). The van der Waals surface area contributed by atoms with Crippen LogP contribution in [0.2, 0.25) is 0 Å². The molecular formula is C15H18O4. The van der Waals surface area contributed by atoms with E-state index in [1.807, 2.05) is 0 Å². The van der Waals surface area contributed by atoms with Crippen LogP contribution in [0.3, 0.4) is 0 Å². The third kappa shape index (κ3) is 3.26. The molecule has 3 aliphatic heterocycles. The second-order valence-corrected chi connectivity index (χ2v) is 5.53. The van der Waals surface area contributed by atoms with Crippen molar-refractivity contribution in [1.82, 2.24) is 0 Å². The van der Waals surface area contributed by atoms with Gasteiger partial charge in [0.05, 0.1) is 32.0 Å². The van der Waals surface area contributed by atoms with Crippen molar-refractivity contribution in [3.8, 4) is 5.75 Å². The molecule has 3 unspecified atom stereocenters. The van der Waals surface area contributed by atoms with E-state index in [9.17, 15) is 0 Å². The number of epoxide rings is 3. The Morgan fingerprint density at radius 2 is 1.63 bits per heavy atom. The van der Waals surface area contributed by atoms with Gasteiger partial charge in [-0.1, -0.05) is 12.1 Å². The minimum absolute atomic E-state index is 0.292. The first-order valence-electron chi connectivity index (χ1n) is 6.96. The van der Waals surface area contributed by atoms with Crippen LogP contribution in [0.1, 0.15) is 11.1 Å². The maximum atomic E-state index is 5.91. The van der Waals surface area contributed by atoms with Crippen LogP contribution in [-0.4, -0.2) is 44.7 Å². The van der Waals surface area contributed by atoms with Gasteiger partial charge in [-0.3, -0.25) is 0 Å². The normalized spacial score (nSPS) is 31.1. The van der Waals surface area contributed by atoms with Crippen LogP contribution in [0, 0.1) is 0 Å². The predicted octanol–water partition coefficient (Wildman–Crippen LogP) is 1.35. The molecule has 19 heavy (non-hydrogen) atoms. The first-order valence-corrected chi connectivity index (χ1v) is 6.96. The van der Waals surface area contributed by atoms with Gasteiger partial charge in [0, 0.05) is 12.8 Å². The minimum atomic E-state index is 0.292. The second kappa shape index (κ2) is 4.78. The Balaban J connectivity index is 1.48. The minimum Gasteiger partial charge on any atom is -0.490 e. The number of rotatable bonds is 7. The molecule has 102 valence electrons. The zero-order chi connectivity index (χ0) is 12.7. The van der Waals surface area contributed by atoms with Gasteiger partial charge in [0.15, 0.2) is 0 Å². The highest BCUT2D eigenvalue weighted by molar-refractivity contribution is 5.39. The van der Waals surface area contributed by atoms with E-state index in [4.69, 9.17) is 18.9 Å². The fourth-order valence-corrected chi connectivity index (χ4v) is 2.26. The second-order valence-electron chi connectivity index (χ2n) is 5.53. The zero-order valence-corrected chi connectivity index (χ0v) is 10.8. The summed E-state index contributed by atoms with van der Waals surface area (Å²) in [6, 6.07) is 6.50. The number of benzene rings is 1. The van der Waals surface area contributed by atoms with E-state index in [1.54, 1.807) is 0 Å². The molecule has 4 nitrogen and oxygen atoms in total. The van der Waals surface area contributed by atoms with Gasteiger partial charge >= 0.3 is 0 Å². The first-order chi connectivity index (χ1) is 9.37. The van der Waals surface area contributed by atoms with Crippen molar-refractivity contribution in [1.29, 1.82) is 0 Å². The van der Waals surface area contributed by atoms with Crippen LogP contribution in [0.4, 0.5) is 0 Å². The van der Waals surface area contributed by atoms with Crippen LogP contribution in [0.25, 0.3) is 0 Å². The SMILES string of the molecule is c1cc(CC2CO2)c(OCC2CO2)cc1CC1CO1. The van der Waals surface area contributed by atoms with Gasteiger partial charge in [-0.05, 0) is 17.2 Å². The number of ether oxygens (including phenoxy) is 4. The Morgan fingerprint density at radius 3 is 2.32 bits per heavy atom. The van der Waals surface area contributed by atoms with E-state index in [-0.39, 0.29) is 0 Å². The topological polar surface area (TPSA) is 46.8 Å². The molecule has 3 aliphatic rings. The molecule has 1 aromatic rings. The average molecular weight is 262 g/mol. The van der Waals surface area contributed by atoms with Gasteiger partial charge in [0.1, 0.15) is 18.5 Å². The molecule has 3 heterocycles. The van der Waals surface area contributed by atoms with Crippen LogP contribution < -0.4 is 4.74 Å². The molecule has 0 saturated carbocycles. The molecule has 0 aromatic heterocycles. The Bertz CT molecular complexity index is 461. The quantitative estimate of drug-likeness (QED) is 0.696. The highest BCUT2D eigenvalue weighted by Crippen LogP contribution is 2.28. The lowest BCUT2D eigenvalue weighted by Crippen LogP contribution is -2.08. The number of hydrogen-bond donors (Lipinski definition) is 0. The fourth-order valence-electron chi connectivity index (χ4n) is 2.26. The number of hydrogen-bond acceptors (Lipinski definition) is 4. The van der Waals surface area contributed by atoms with Crippen molar-refractivity contribution in [2.24, 2.45) is 0 Å². The fraction of sp³-hybridized carbons (Fsp3) is 0.600. The summed E-state index contributed by atoms with van der Waals surface area (Å²) < 4.78 is 21.7.